The van der Waals surface area contributed by atoms with Gasteiger partial charge in [-0.3, -0.25) is 0 Å². The minimum absolute atomic E-state index is 0.0279. The van der Waals surface area contributed by atoms with E-state index in [1.54, 1.807) is 24.3 Å². The summed E-state index contributed by atoms with van der Waals surface area (Å²) in [5.41, 5.74) is 1.44. The zero-order valence-corrected chi connectivity index (χ0v) is 19.3. The normalized spacial score (nSPS) is 13.6. The molecule has 0 aliphatic heterocycles. The molecule has 0 amide bonds. The molecular weight excluding hydrogens is 480 g/mol. The third kappa shape index (κ3) is 4.70. The van der Waals surface area contributed by atoms with E-state index in [2.05, 4.69) is 24.9 Å². The molecule has 8 nitrogen and oxygen atoms in total. The van der Waals surface area contributed by atoms with Crippen LogP contribution in [0.2, 0.25) is 0 Å². The van der Waals surface area contributed by atoms with Crippen LogP contribution in [0.3, 0.4) is 0 Å². The van der Waals surface area contributed by atoms with Crippen molar-refractivity contribution < 1.29 is 27.0 Å². The molecule has 0 radical (unpaired) electrons. The molecule has 36 heavy (non-hydrogen) atoms. The number of benzene rings is 1. The molecule has 186 valence electrons. The van der Waals surface area contributed by atoms with Gasteiger partial charge >= 0.3 is 6.18 Å². The predicted octanol–water partition coefficient (Wildman–Crippen LogP) is 4.96. The Morgan fingerprint density at radius 1 is 1.03 bits per heavy atom. The van der Waals surface area contributed by atoms with E-state index in [9.17, 15) is 17.6 Å². The fourth-order valence-electron chi connectivity index (χ4n) is 3.76. The number of rotatable bonds is 7. The summed E-state index contributed by atoms with van der Waals surface area (Å²) < 4.78 is 65.6. The van der Waals surface area contributed by atoms with Crippen LogP contribution in [-0.2, 0) is 19.8 Å². The van der Waals surface area contributed by atoms with Crippen molar-refractivity contribution in [2.75, 3.05) is 7.11 Å². The van der Waals surface area contributed by atoms with Gasteiger partial charge in [-0.15, -0.1) is 0 Å². The minimum atomic E-state index is -4.53. The molecule has 0 spiro atoms. The number of aromatic nitrogens is 6. The molecule has 0 bridgehead atoms. The van der Waals surface area contributed by atoms with Crippen LogP contribution >= 0.6 is 0 Å². The monoisotopic (exact) mass is 500 g/mol. The maximum atomic E-state index is 14.5. The molecule has 1 aliphatic rings. The summed E-state index contributed by atoms with van der Waals surface area (Å²) in [6.07, 6.45) is 0.786. The fraction of sp³-hybridized carbons (Fsp3) is 0.292. The highest BCUT2D eigenvalue weighted by atomic mass is 19.4. The van der Waals surface area contributed by atoms with Crippen molar-refractivity contribution in [1.82, 2.24) is 29.5 Å². The molecular formula is C24H20F4N6O2. The summed E-state index contributed by atoms with van der Waals surface area (Å²) in [6.45, 7) is -0.0279. The smallest absolute Gasteiger partial charge is 0.434 e. The van der Waals surface area contributed by atoms with E-state index >= 15 is 0 Å². The van der Waals surface area contributed by atoms with Gasteiger partial charge in [-0.05, 0) is 18.4 Å². The van der Waals surface area contributed by atoms with Crippen molar-refractivity contribution in [1.29, 1.82) is 0 Å². The van der Waals surface area contributed by atoms with E-state index in [1.165, 1.54) is 25.1 Å². The zero-order chi connectivity index (χ0) is 25.4. The quantitative estimate of drug-likeness (QED) is 0.332. The number of alkyl halides is 3. The first-order chi connectivity index (χ1) is 17.2. The highest BCUT2D eigenvalue weighted by Crippen LogP contribution is 2.45. The highest BCUT2D eigenvalue weighted by molar-refractivity contribution is 5.66. The first-order valence-corrected chi connectivity index (χ1v) is 11.0. The molecule has 0 atom stereocenters. The Kier molecular flexibility index (Phi) is 6.02. The Morgan fingerprint density at radius 3 is 2.42 bits per heavy atom. The Bertz CT molecular complexity index is 1400. The van der Waals surface area contributed by atoms with Crippen molar-refractivity contribution >= 4 is 0 Å². The first kappa shape index (κ1) is 23.6. The lowest BCUT2D eigenvalue weighted by Gasteiger charge is -2.12. The Hall–Kier alpha value is -4.09. The zero-order valence-electron chi connectivity index (χ0n) is 19.3. The van der Waals surface area contributed by atoms with Crippen molar-refractivity contribution in [3.63, 3.8) is 0 Å². The van der Waals surface area contributed by atoms with Crippen LogP contribution in [0.1, 0.15) is 35.7 Å². The van der Waals surface area contributed by atoms with Crippen LogP contribution in [0, 0.1) is 5.82 Å². The molecule has 0 N–H and O–H groups in total. The fourth-order valence-corrected chi connectivity index (χ4v) is 3.76. The maximum Gasteiger partial charge on any atom is 0.434 e. The van der Waals surface area contributed by atoms with E-state index in [-0.39, 0.29) is 30.1 Å². The van der Waals surface area contributed by atoms with Crippen LogP contribution in [0.25, 0.3) is 22.8 Å². The van der Waals surface area contributed by atoms with Crippen molar-refractivity contribution in [2.24, 2.45) is 7.05 Å². The van der Waals surface area contributed by atoms with E-state index in [0.717, 1.165) is 30.9 Å². The van der Waals surface area contributed by atoms with E-state index in [4.69, 9.17) is 9.47 Å². The van der Waals surface area contributed by atoms with Crippen LogP contribution in [-0.4, -0.2) is 36.6 Å². The molecule has 3 aromatic heterocycles. The Morgan fingerprint density at radius 2 is 1.78 bits per heavy atom. The number of nitrogens with zero attached hydrogens (tertiary/aromatic N) is 6. The standard InChI is InChI=1S/C24H20F4N6O2/c1-34-10-17(24(26,27)28)32-21(34)15-5-3-13(4-6-15)11-36-22-16(25)9-29-20(33-22)18-19(14-7-8-14)30-12-31-23(18)35-2/h3-6,9-10,12,14H,7-8,11H2,1-2H3. The van der Waals surface area contributed by atoms with Gasteiger partial charge in [0.15, 0.2) is 11.5 Å². The number of ether oxygens (including phenoxy) is 2. The van der Waals surface area contributed by atoms with Gasteiger partial charge in [0.1, 0.15) is 24.3 Å². The van der Waals surface area contributed by atoms with Gasteiger partial charge in [-0.25, -0.2) is 19.9 Å². The van der Waals surface area contributed by atoms with Gasteiger partial charge in [0.05, 0.1) is 19.0 Å². The number of halogens is 4. The molecule has 1 aromatic carbocycles. The van der Waals surface area contributed by atoms with Gasteiger partial charge in [-0.2, -0.15) is 22.5 Å². The summed E-state index contributed by atoms with van der Waals surface area (Å²) in [5.74, 6) is -0.0898. The van der Waals surface area contributed by atoms with Gasteiger partial charge in [0, 0.05) is 24.7 Å². The molecule has 0 unspecified atom stereocenters. The van der Waals surface area contributed by atoms with Crippen LogP contribution < -0.4 is 9.47 Å². The third-order valence-corrected chi connectivity index (χ3v) is 5.69. The number of imidazole rings is 1. The SMILES string of the molecule is COc1ncnc(C2CC2)c1-c1ncc(F)c(OCc2ccc(-c3nc(C(F)(F)F)cn3C)cc2)n1. The largest absolute Gasteiger partial charge is 0.480 e. The molecule has 12 heteroatoms. The molecule has 1 saturated carbocycles. The second-order valence-electron chi connectivity index (χ2n) is 8.31. The predicted molar refractivity (Wildman–Crippen MR) is 120 cm³/mol. The van der Waals surface area contributed by atoms with Gasteiger partial charge < -0.3 is 14.0 Å². The third-order valence-electron chi connectivity index (χ3n) is 5.69. The Labute approximate surface area is 203 Å². The van der Waals surface area contributed by atoms with Crippen LogP contribution in [0.5, 0.6) is 11.8 Å². The molecule has 3 heterocycles. The maximum absolute atomic E-state index is 14.5. The second-order valence-corrected chi connectivity index (χ2v) is 8.31. The van der Waals surface area contributed by atoms with Crippen LogP contribution in [0.4, 0.5) is 17.6 Å². The average Bonchev–Trinajstić information content (AvgIpc) is 3.63. The van der Waals surface area contributed by atoms with Crippen molar-refractivity contribution in [3.8, 4) is 34.5 Å². The van der Waals surface area contributed by atoms with Crippen molar-refractivity contribution in [3.05, 3.63) is 65.8 Å². The number of methoxy groups -OCH3 is 1. The second kappa shape index (κ2) is 9.17. The number of aryl methyl sites for hydroxylation is 1. The highest BCUT2D eigenvalue weighted by Gasteiger charge is 2.34. The lowest BCUT2D eigenvalue weighted by Crippen LogP contribution is -2.05. The molecule has 1 aliphatic carbocycles. The topological polar surface area (TPSA) is 87.8 Å². The summed E-state index contributed by atoms with van der Waals surface area (Å²) in [6, 6.07) is 6.57. The van der Waals surface area contributed by atoms with E-state index in [0.29, 0.717) is 22.6 Å². The summed E-state index contributed by atoms with van der Waals surface area (Å²) in [5, 5.41) is 0. The van der Waals surface area contributed by atoms with Gasteiger partial charge in [0.25, 0.3) is 5.88 Å². The average molecular weight is 500 g/mol. The van der Waals surface area contributed by atoms with E-state index < -0.39 is 17.7 Å². The van der Waals surface area contributed by atoms with Crippen LogP contribution in [0.15, 0.2) is 43.0 Å². The van der Waals surface area contributed by atoms with E-state index in [1.807, 2.05) is 0 Å². The molecule has 4 aromatic rings. The van der Waals surface area contributed by atoms with Gasteiger partial charge in [-0.1, -0.05) is 24.3 Å². The lowest BCUT2D eigenvalue weighted by molar-refractivity contribution is -0.140. The van der Waals surface area contributed by atoms with Gasteiger partial charge in [0.2, 0.25) is 11.7 Å². The number of hydrogen-bond acceptors (Lipinski definition) is 7. The number of hydrogen-bond donors (Lipinski definition) is 0. The molecule has 5 rings (SSSR count). The minimum Gasteiger partial charge on any atom is -0.480 e. The van der Waals surface area contributed by atoms with Crippen molar-refractivity contribution in [2.45, 2.75) is 31.5 Å². The lowest BCUT2D eigenvalue weighted by atomic mass is 10.1. The molecule has 0 saturated heterocycles. The Balaban J connectivity index is 1.35. The summed E-state index contributed by atoms with van der Waals surface area (Å²) in [4.78, 5) is 20.5. The molecule has 1 fully saturated rings. The first-order valence-electron chi connectivity index (χ1n) is 11.0. The summed E-state index contributed by atoms with van der Waals surface area (Å²) in [7, 11) is 2.97. The summed E-state index contributed by atoms with van der Waals surface area (Å²) >= 11 is 0.